The van der Waals surface area contributed by atoms with Crippen molar-refractivity contribution in [2.75, 3.05) is 48.4 Å². The molecule has 1 fully saturated rings. The van der Waals surface area contributed by atoms with E-state index in [1.807, 2.05) is 48.5 Å². The number of carbonyl (C=O) groups excluding carboxylic acids is 1. The van der Waals surface area contributed by atoms with Crippen LogP contribution < -0.4 is 9.80 Å². The summed E-state index contributed by atoms with van der Waals surface area (Å²) < 4.78 is 7.53. The number of nitrogens with zero attached hydrogens (tertiary/aromatic N) is 6. The van der Waals surface area contributed by atoms with Gasteiger partial charge in [-0.15, -0.1) is 10.2 Å². The van der Waals surface area contributed by atoms with Crippen molar-refractivity contribution in [2.24, 2.45) is 0 Å². The Morgan fingerprint density at radius 3 is 2.44 bits per heavy atom. The molecular weight excluding hydrogens is 424 g/mol. The van der Waals surface area contributed by atoms with Crippen LogP contribution in [-0.4, -0.2) is 59.3 Å². The number of morpholine rings is 1. The van der Waals surface area contributed by atoms with Crippen molar-refractivity contribution in [3.63, 3.8) is 0 Å². The average molecular weight is 449 g/mol. The van der Waals surface area contributed by atoms with Crippen LogP contribution in [0, 0.1) is 11.3 Å². The minimum absolute atomic E-state index is 0.000853. The topological polar surface area (TPSA) is 87.3 Å². The summed E-state index contributed by atoms with van der Waals surface area (Å²) in [6.45, 7) is 3.41. The van der Waals surface area contributed by atoms with E-state index in [9.17, 15) is 10.1 Å². The van der Waals surface area contributed by atoms with Gasteiger partial charge in [0.2, 0.25) is 11.9 Å². The molecule has 1 aliphatic heterocycles. The van der Waals surface area contributed by atoms with Gasteiger partial charge in [0.1, 0.15) is 6.54 Å². The maximum absolute atomic E-state index is 13.0. The number of hydrogen-bond donors (Lipinski definition) is 0. The molecule has 0 atom stereocenters. The van der Waals surface area contributed by atoms with Gasteiger partial charge in [-0.3, -0.25) is 14.3 Å². The highest BCUT2D eigenvalue weighted by atomic mass is 32.2. The molecule has 164 valence electrons. The summed E-state index contributed by atoms with van der Waals surface area (Å²) in [6.07, 6.45) is 0. The monoisotopic (exact) mass is 448 g/mol. The number of hydrogen-bond acceptors (Lipinski definition) is 7. The normalized spacial score (nSPS) is 13.5. The molecule has 3 aromatic rings. The molecule has 1 amide bonds. The lowest BCUT2D eigenvalue weighted by Crippen LogP contribution is -2.38. The first-order chi connectivity index (χ1) is 15.8. The zero-order valence-corrected chi connectivity index (χ0v) is 18.4. The van der Waals surface area contributed by atoms with E-state index in [-0.39, 0.29) is 18.2 Å². The molecule has 1 aliphatic rings. The molecule has 0 N–H and O–H groups in total. The van der Waals surface area contributed by atoms with Crippen molar-refractivity contribution in [2.45, 2.75) is 11.7 Å². The van der Waals surface area contributed by atoms with Gasteiger partial charge in [0, 0.05) is 18.8 Å². The molecule has 2 aromatic carbocycles. The van der Waals surface area contributed by atoms with Gasteiger partial charge in [0.25, 0.3) is 0 Å². The number of nitriles is 1. The Labute approximate surface area is 191 Å². The Morgan fingerprint density at radius 2 is 1.75 bits per heavy atom. The lowest BCUT2D eigenvalue weighted by molar-refractivity contribution is -0.116. The molecule has 0 saturated carbocycles. The van der Waals surface area contributed by atoms with Crippen LogP contribution in [0.1, 0.15) is 5.56 Å². The Bertz CT molecular complexity index is 1060. The standard InChI is InChI=1S/C23H24N6O2S/c24-11-12-28(20-9-5-2-6-10-20)21(30)18-32-23-26-25-22(27-13-15-31-16-14-27)29(23)17-19-7-3-1-4-8-19/h1-10H,12-18H2. The SMILES string of the molecule is N#CCN(C(=O)CSc1nnc(N2CCOCC2)n1Cc1ccccc1)c1ccccc1. The number of carbonyl (C=O) groups is 1. The molecule has 0 aliphatic carbocycles. The molecule has 32 heavy (non-hydrogen) atoms. The van der Waals surface area contributed by atoms with E-state index in [2.05, 4.69) is 37.9 Å². The van der Waals surface area contributed by atoms with E-state index in [0.29, 0.717) is 30.6 Å². The number of thioether (sulfide) groups is 1. The van der Waals surface area contributed by atoms with E-state index in [0.717, 1.165) is 24.6 Å². The summed E-state index contributed by atoms with van der Waals surface area (Å²) in [7, 11) is 0. The fourth-order valence-electron chi connectivity index (χ4n) is 3.50. The number of anilines is 2. The summed E-state index contributed by atoms with van der Waals surface area (Å²) >= 11 is 1.34. The van der Waals surface area contributed by atoms with Gasteiger partial charge in [-0.2, -0.15) is 5.26 Å². The van der Waals surface area contributed by atoms with Gasteiger partial charge in [0.05, 0.1) is 31.6 Å². The van der Waals surface area contributed by atoms with Gasteiger partial charge >= 0.3 is 0 Å². The summed E-state index contributed by atoms with van der Waals surface area (Å²) in [5, 5.41) is 18.7. The van der Waals surface area contributed by atoms with Crippen molar-refractivity contribution < 1.29 is 9.53 Å². The Kier molecular flexibility index (Phi) is 7.38. The molecule has 8 nitrogen and oxygen atoms in total. The van der Waals surface area contributed by atoms with Gasteiger partial charge < -0.3 is 9.64 Å². The molecule has 9 heteroatoms. The Morgan fingerprint density at radius 1 is 1.06 bits per heavy atom. The minimum Gasteiger partial charge on any atom is -0.378 e. The summed E-state index contributed by atoms with van der Waals surface area (Å²) in [5.74, 6) is 0.793. The smallest absolute Gasteiger partial charge is 0.238 e. The van der Waals surface area contributed by atoms with Crippen molar-refractivity contribution in [1.82, 2.24) is 14.8 Å². The number of amides is 1. The maximum Gasteiger partial charge on any atom is 0.238 e. The van der Waals surface area contributed by atoms with Crippen LogP contribution >= 0.6 is 11.8 Å². The molecule has 0 radical (unpaired) electrons. The third-order valence-corrected chi connectivity index (χ3v) is 6.05. The first-order valence-electron chi connectivity index (χ1n) is 10.4. The summed E-state index contributed by atoms with van der Waals surface area (Å²) in [6, 6.07) is 21.4. The number of aromatic nitrogens is 3. The quantitative estimate of drug-likeness (QED) is 0.387. The predicted octanol–water partition coefficient (Wildman–Crippen LogP) is 2.81. The third kappa shape index (κ3) is 5.28. The second kappa shape index (κ2) is 10.8. The lowest BCUT2D eigenvalue weighted by atomic mass is 10.2. The molecule has 1 saturated heterocycles. The van der Waals surface area contributed by atoms with Gasteiger partial charge in [0.15, 0.2) is 5.16 Å². The van der Waals surface area contributed by atoms with Crippen LogP contribution in [-0.2, 0) is 16.1 Å². The summed E-state index contributed by atoms with van der Waals surface area (Å²) in [5.41, 5.74) is 1.84. The van der Waals surface area contributed by atoms with E-state index < -0.39 is 0 Å². The van der Waals surface area contributed by atoms with E-state index >= 15 is 0 Å². The van der Waals surface area contributed by atoms with Crippen LogP contribution in [0.4, 0.5) is 11.6 Å². The number of rotatable bonds is 8. The molecule has 0 bridgehead atoms. The van der Waals surface area contributed by atoms with E-state index in [4.69, 9.17) is 4.74 Å². The lowest BCUT2D eigenvalue weighted by Gasteiger charge is -2.28. The Balaban J connectivity index is 1.54. The second-order valence-corrected chi connectivity index (χ2v) is 8.16. The van der Waals surface area contributed by atoms with Crippen molar-refractivity contribution in [3.8, 4) is 6.07 Å². The van der Waals surface area contributed by atoms with Crippen molar-refractivity contribution in [3.05, 3.63) is 66.2 Å². The zero-order chi connectivity index (χ0) is 22.2. The first kappa shape index (κ1) is 21.9. The van der Waals surface area contributed by atoms with E-state index in [1.54, 1.807) is 0 Å². The molecule has 1 aromatic heterocycles. The predicted molar refractivity (Wildman–Crippen MR) is 124 cm³/mol. The van der Waals surface area contributed by atoms with Crippen molar-refractivity contribution in [1.29, 1.82) is 5.26 Å². The minimum atomic E-state index is -0.148. The van der Waals surface area contributed by atoms with Crippen molar-refractivity contribution >= 4 is 29.3 Å². The molecule has 0 spiro atoms. The first-order valence-corrected chi connectivity index (χ1v) is 11.4. The number of benzene rings is 2. The average Bonchev–Trinajstić information content (AvgIpc) is 3.25. The molecular formula is C23H24N6O2S. The fourth-order valence-corrected chi connectivity index (χ4v) is 4.30. The third-order valence-electron chi connectivity index (χ3n) is 5.10. The van der Waals surface area contributed by atoms with E-state index in [1.165, 1.54) is 16.7 Å². The largest absolute Gasteiger partial charge is 0.378 e. The van der Waals surface area contributed by atoms with Gasteiger partial charge in [-0.05, 0) is 17.7 Å². The highest BCUT2D eigenvalue weighted by molar-refractivity contribution is 7.99. The summed E-state index contributed by atoms with van der Waals surface area (Å²) in [4.78, 5) is 16.6. The van der Waals surface area contributed by atoms with Crippen LogP contribution in [0.25, 0.3) is 0 Å². The molecule has 2 heterocycles. The van der Waals surface area contributed by atoms with Gasteiger partial charge in [-0.25, -0.2) is 0 Å². The zero-order valence-electron chi connectivity index (χ0n) is 17.6. The van der Waals surface area contributed by atoms with Crippen LogP contribution in [0.3, 0.4) is 0 Å². The second-order valence-electron chi connectivity index (χ2n) is 7.22. The van der Waals surface area contributed by atoms with Crippen LogP contribution in [0.5, 0.6) is 0 Å². The molecule has 0 unspecified atom stereocenters. The highest BCUT2D eigenvalue weighted by Crippen LogP contribution is 2.25. The fraction of sp³-hybridized carbons (Fsp3) is 0.304. The number of ether oxygens (including phenoxy) is 1. The number of para-hydroxylation sites is 1. The van der Waals surface area contributed by atoms with Gasteiger partial charge in [-0.1, -0.05) is 60.3 Å². The van der Waals surface area contributed by atoms with Crippen LogP contribution in [0.15, 0.2) is 65.8 Å². The molecule has 4 rings (SSSR count). The Hall–Kier alpha value is -3.35. The highest BCUT2D eigenvalue weighted by Gasteiger charge is 2.23. The maximum atomic E-state index is 13.0. The van der Waals surface area contributed by atoms with Crippen LogP contribution in [0.2, 0.25) is 0 Å².